The summed E-state index contributed by atoms with van der Waals surface area (Å²) in [5, 5.41) is 9.39. The molecule has 3 N–H and O–H groups in total. The molecular formula is C14H15FN2O2. The quantitative estimate of drug-likeness (QED) is 0.717. The number of carbonyl (C=O) groups is 1. The molecule has 1 saturated heterocycles. The van der Waals surface area contributed by atoms with Crippen molar-refractivity contribution in [2.45, 2.75) is 12.5 Å². The summed E-state index contributed by atoms with van der Waals surface area (Å²) in [5.74, 6) is 4.33. The molecule has 0 saturated carbocycles. The van der Waals surface area contributed by atoms with Crippen LogP contribution in [0.5, 0.6) is 0 Å². The molecule has 19 heavy (non-hydrogen) atoms. The van der Waals surface area contributed by atoms with Crippen molar-refractivity contribution in [1.82, 2.24) is 4.90 Å². The third kappa shape index (κ3) is 3.11. The molecular weight excluding hydrogens is 247 g/mol. The molecule has 1 atom stereocenters. The van der Waals surface area contributed by atoms with Gasteiger partial charge >= 0.3 is 0 Å². The summed E-state index contributed by atoms with van der Waals surface area (Å²) in [4.78, 5) is 13.5. The fourth-order valence-corrected chi connectivity index (χ4v) is 2.02. The van der Waals surface area contributed by atoms with Crippen LogP contribution in [0.1, 0.15) is 22.3 Å². The molecule has 4 nitrogen and oxygen atoms in total. The van der Waals surface area contributed by atoms with Gasteiger partial charge in [0.05, 0.1) is 18.2 Å². The van der Waals surface area contributed by atoms with Gasteiger partial charge in [-0.2, -0.15) is 0 Å². The minimum atomic E-state index is -0.602. The predicted octanol–water partition coefficient (Wildman–Crippen LogP) is 0.343. The lowest BCUT2D eigenvalue weighted by molar-refractivity contribution is 0.0760. The number of hydrogen-bond acceptors (Lipinski definition) is 3. The molecule has 1 aromatic rings. The van der Waals surface area contributed by atoms with Gasteiger partial charge in [-0.25, -0.2) is 4.39 Å². The molecule has 0 aliphatic carbocycles. The highest BCUT2D eigenvalue weighted by atomic mass is 19.1. The van der Waals surface area contributed by atoms with Crippen LogP contribution in [0, 0.1) is 17.7 Å². The summed E-state index contributed by atoms with van der Waals surface area (Å²) in [6.45, 7) is 0.912. The van der Waals surface area contributed by atoms with Gasteiger partial charge in [-0.3, -0.25) is 4.79 Å². The lowest BCUT2D eigenvalue weighted by Gasteiger charge is -2.15. The van der Waals surface area contributed by atoms with Crippen LogP contribution in [0.4, 0.5) is 4.39 Å². The third-order valence-electron chi connectivity index (χ3n) is 2.98. The first-order valence-corrected chi connectivity index (χ1v) is 6.07. The first kappa shape index (κ1) is 13.5. The lowest BCUT2D eigenvalue weighted by atomic mass is 10.1. The van der Waals surface area contributed by atoms with E-state index in [-0.39, 0.29) is 18.7 Å². The number of aliphatic hydroxyl groups is 1. The maximum atomic E-state index is 13.9. The Morgan fingerprint density at radius 1 is 1.58 bits per heavy atom. The highest BCUT2D eigenvalue weighted by Gasteiger charge is 2.26. The number of nitrogens with zero attached hydrogens (tertiary/aromatic N) is 1. The molecule has 0 bridgehead atoms. The maximum Gasteiger partial charge on any atom is 0.256 e. The van der Waals surface area contributed by atoms with Gasteiger partial charge in [0.1, 0.15) is 5.82 Å². The highest BCUT2D eigenvalue weighted by molar-refractivity contribution is 5.94. The minimum Gasteiger partial charge on any atom is -0.391 e. The summed E-state index contributed by atoms with van der Waals surface area (Å²) >= 11 is 0. The van der Waals surface area contributed by atoms with Gasteiger partial charge in [-0.15, -0.1) is 0 Å². The maximum absolute atomic E-state index is 13.9. The van der Waals surface area contributed by atoms with E-state index in [1.165, 1.54) is 17.0 Å². The van der Waals surface area contributed by atoms with Gasteiger partial charge in [0.25, 0.3) is 5.91 Å². The Kier molecular flexibility index (Phi) is 4.15. The summed E-state index contributed by atoms with van der Waals surface area (Å²) in [5.41, 5.74) is 5.73. The third-order valence-corrected chi connectivity index (χ3v) is 2.98. The van der Waals surface area contributed by atoms with Crippen molar-refractivity contribution in [3.63, 3.8) is 0 Å². The Balaban J connectivity index is 2.19. The molecule has 5 heteroatoms. The van der Waals surface area contributed by atoms with Gasteiger partial charge in [0, 0.05) is 18.7 Å². The number of rotatable bonds is 1. The first-order chi connectivity index (χ1) is 9.11. The van der Waals surface area contributed by atoms with E-state index in [0.717, 1.165) is 0 Å². The van der Waals surface area contributed by atoms with Gasteiger partial charge in [0.15, 0.2) is 0 Å². The zero-order valence-electron chi connectivity index (χ0n) is 10.4. The van der Waals surface area contributed by atoms with Gasteiger partial charge in [-0.1, -0.05) is 11.8 Å². The van der Waals surface area contributed by atoms with Crippen LogP contribution in [0.3, 0.4) is 0 Å². The molecule has 1 amide bonds. The number of nitrogens with two attached hydrogens (primary N) is 1. The molecule has 1 aliphatic rings. The predicted molar refractivity (Wildman–Crippen MR) is 68.9 cm³/mol. The average molecular weight is 262 g/mol. The SMILES string of the molecule is NCC#Cc1ccc(C(=O)N2CCC(O)C2)c(F)c1. The van der Waals surface area contributed by atoms with Crippen LogP contribution in [0.2, 0.25) is 0 Å². The van der Waals surface area contributed by atoms with E-state index in [1.54, 1.807) is 6.07 Å². The number of amides is 1. The fourth-order valence-electron chi connectivity index (χ4n) is 2.02. The number of carbonyl (C=O) groups excluding carboxylic acids is 1. The van der Waals surface area contributed by atoms with Crippen LogP contribution in [0.25, 0.3) is 0 Å². The monoisotopic (exact) mass is 262 g/mol. The van der Waals surface area contributed by atoms with E-state index < -0.39 is 17.8 Å². The molecule has 1 heterocycles. The molecule has 1 unspecified atom stereocenters. The molecule has 1 aromatic carbocycles. The second-order valence-electron chi connectivity index (χ2n) is 4.39. The standard InChI is InChI=1S/C14H15FN2O2/c15-13-8-10(2-1-6-16)3-4-12(13)14(19)17-7-5-11(18)9-17/h3-4,8,11,18H,5-7,9,16H2. The summed E-state index contributed by atoms with van der Waals surface area (Å²) < 4.78 is 13.9. The number of β-amino-alcohol motifs (C(OH)–C–C–N with tert-alkyl or cyclic N) is 1. The van der Waals surface area contributed by atoms with Crippen LogP contribution >= 0.6 is 0 Å². The van der Waals surface area contributed by atoms with Crippen LogP contribution in [-0.2, 0) is 0 Å². The second kappa shape index (κ2) is 5.83. The van der Waals surface area contributed by atoms with Crippen molar-refractivity contribution in [2.75, 3.05) is 19.6 Å². The number of hydrogen-bond donors (Lipinski definition) is 2. The smallest absolute Gasteiger partial charge is 0.256 e. The first-order valence-electron chi connectivity index (χ1n) is 6.07. The van der Waals surface area contributed by atoms with Gasteiger partial charge < -0.3 is 15.7 Å². The van der Waals surface area contributed by atoms with Crippen molar-refractivity contribution in [3.05, 3.63) is 35.1 Å². The minimum absolute atomic E-state index is 0.00685. The van der Waals surface area contributed by atoms with Crippen molar-refractivity contribution in [1.29, 1.82) is 0 Å². The molecule has 0 spiro atoms. The van der Waals surface area contributed by atoms with Crippen LogP contribution < -0.4 is 5.73 Å². The fraction of sp³-hybridized carbons (Fsp3) is 0.357. The largest absolute Gasteiger partial charge is 0.391 e. The molecule has 0 aromatic heterocycles. The summed E-state index contributed by atoms with van der Waals surface area (Å²) in [6, 6.07) is 4.23. The van der Waals surface area contributed by atoms with Crippen molar-refractivity contribution >= 4 is 5.91 Å². The Hall–Kier alpha value is -1.90. The van der Waals surface area contributed by atoms with Crippen LogP contribution in [0.15, 0.2) is 18.2 Å². The molecule has 2 rings (SSSR count). The second-order valence-corrected chi connectivity index (χ2v) is 4.39. The average Bonchev–Trinajstić information content (AvgIpc) is 2.82. The Morgan fingerprint density at radius 3 is 2.95 bits per heavy atom. The zero-order chi connectivity index (χ0) is 13.8. The highest BCUT2D eigenvalue weighted by Crippen LogP contribution is 2.16. The van der Waals surface area contributed by atoms with E-state index >= 15 is 0 Å². The topological polar surface area (TPSA) is 66.6 Å². The van der Waals surface area contributed by atoms with Crippen molar-refractivity contribution < 1.29 is 14.3 Å². The lowest BCUT2D eigenvalue weighted by Crippen LogP contribution is -2.30. The van der Waals surface area contributed by atoms with Crippen LogP contribution in [-0.4, -0.2) is 41.7 Å². The van der Waals surface area contributed by atoms with Gasteiger partial charge in [-0.05, 0) is 24.6 Å². The molecule has 0 radical (unpaired) electrons. The van der Waals surface area contributed by atoms with Crippen molar-refractivity contribution in [3.8, 4) is 11.8 Å². The van der Waals surface area contributed by atoms with Crippen molar-refractivity contribution in [2.24, 2.45) is 5.73 Å². The molecule has 1 aliphatic heterocycles. The number of benzene rings is 1. The van der Waals surface area contributed by atoms with E-state index in [0.29, 0.717) is 18.5 Å². The molecule has 100 valence electrons. The van der Waals surface area contributed by atoms with E-state index in [2.05, 4.69) is 11.8 Å². The molecule has 1 fully saturated rings. The zero-order valence-corrected chi connectivity index (χ0v) is 10.4. The summed E-state index contributed by atoms with van der Waals surface area (Å²) in [6.07, 6.45) is 0.0228. The Labute approximate surface area is 111 Å². The van der Waals surface area contributed by atoms with E-state index in [4.69, 9.17) is 5.73 Å². The van der Waals surface area contributed by atoms with E-state index in [1.807, 2.05) is 0 Å². The van der Waals surface area contributed by atoms with Gasteiger partial charge in [0.2, 0.25) is 0 Å². The number of halogens is 1. The summed E-state index contributed by atoms with van der Waals surface area (Å²) in [7, 11) is 0. The normalized spacial score (nSPS) is 18.1. The Bertz CT molecular complexity index is 548. The van der Waals surface area contributed by atoms with E-state index in [9.17, 15) is 14.3 Å². The number of likely N-dealkylation sites (tertiary alicyclic amines) is 1. The number of aliphatic hydroxyl groups excluding tert-OH is 1. The Morgan fingerprint density at radius 2 is 2.37 bits per heavy atom.